The summed E-state index contributed by atoms with van der Waals surface area (Å²) in [5, 5.41) is 4.50. The second-order valence-electron chi connectivity index (χ2n) is 4.87. The Kier molecular flexibility index (Phi) is 4.88. The van der Waals surface area contributed by atoms with E-state index in [0.29, 0.717) is 0 Å². The van der Waals surface area contributed by atoms with Gasteiger partial charge in [-0.15, -0.1) is 0 Å². The third-order valence-corrected chi connectivity index (χ3v) is 3.49. The number of rotatable bonds is 5. The summed E-state index contributed by atoms with van der Waals surface area (Å²) in [6, 6.07) is 10.8. The van der Waals surface area contributed by atoms with Gasteiger partial charge in [-0.25, -0.2) is 5.32 Å². The number of piperidine rings is 1. The van der Waals surface area contributed by atoms with Crippen LogP contribution >= 0.6 is 0 Å². The largest absolute Gasteiger partial charge is 0.242 e. The Hall–Kier alpha value is -0.820. The molecular weight excluding hydrogens is 194 g/mol. The number of nitrogens with zero attached hydrogens (tertiary/aromatic N) is 1. The summed E-state index contributed by atoms with van der Waals surface area (Å²) in [6.45, 7) is 2.24. The molecule has 1 aromatic carbocycles. The van der Waals surface area contributed by atoms with Crippen molar-refractivity contribution in [1.29, 1.82) is 0 Å². The summed E-state index contributed by atoms with van der Waals surface area (Å²) in [6.07, 6.45) is 8.06. The van der Waals surface area contributed by atoms with E-state index in [4.69, 9.17) is 0 Å². The molecule has 1 aliphatic heterocycles. The van der Waals surface area contributed by atoms with Gasteiger partial charge in [0, 0.05) is 13.1 Å². The zero-order chi connectivity index (χ0) is 11.1. The smallest absolute Gasteiger partial charge is 0.0161 e. The van der Waals surface area contributed by atoms with Crippen molar-refractivity contribution in [3.63, 3.8) is 0 Å². The van der Waals surface area contributed by atoms with Crippen LogP contribution in [0.15, 0.2) is 30.3 Å². The topological polar surface area (TPSA) is 14.1 Å². The Balaban J connectivity index is 1.58. The average Bonchev–Trinajstić information content (AvgIpc) is 2.37. The standard InChI is InChI=1S/C15H22N/c1-2-7-14(8-3-1)9-4-5-10-15-11-6-12-16-13-15/h1-3,7-8,15H,4-6,9-13H2. The highest BCUT2D eigenvalue weighted by Gasteiger charge is 2.12. The van der Waals surface area contributed by atoms with Crippen molar-refractivity contribution >= 4 is 0 Å². The first-order chi connectivity index (χ1) is 7.95. The lowest BCUT2D eigenvalue weighted by Gasteiger charge is -2.21. The summed E-state index contributed by atoms with van der Waals surface area (Å²) >= 11 is 0. The molecule has 0 N–H and O–H groups in total. The van der Waals surface area contributed by atoms with Gasteiger partial charge in [0.05, 0.1) is 0 Å². The van der Waals surface area contributed by atoms with Gasteiger partial charge in [0.25, 0.3) is 0 Å². The minimum atomic E-state index is 0.893. The Morgan fingerprint density at radius 3 is 2.75 bits per heavy atom. The molecule has 1 fully saturated rings. The molecular formula is C15H22N. The molecule has 1 nitrogen and oxygen atoms in total. The molecule has 2 rings (SSSR count). The van der Waals surface area contributed by atoms with Crippen molar-refractivity contribution in [2.24, 2.45) is 5.92 Å². The van der Waals surface area contributed by atoms with Crippen LogP contribution in [-0.4, -0.2) is 13.1 Å². The van der Waals surface area contributed by atoms with Crippen LogP contribution in [-0.2, 0) is 6.42 Å². The lowest BCUT2D eigenvalue weighted by molar-refractivity contribution is 0.343. The highest BCUT2D eigenvalue weighted by Crippen LogP contribution is 2.18. The molecule has 0 spiro atoms. The van der Waals surface area contributed by atoms with E-state index in [9.17, 15) is 0 Å². The van der Waals surface area contributed by atoms with E-state index < -0.39 is 0 Å². The van der Waals surface area contributed by atoms with Crippen molar-refractivity contribution in [2.45, 2.75) is 38.5 Å². The molecule has 0 saturated carbocycles. The fraction of sp³-hybridized carbons (Fsp3) is 0.600. The highest BCUT2D eigenvalue weighted by molar-refractivity contribution is 5.14. The van der Waals surface area contributed by atoms with E-state index >= 15 is 0 Å². The van der Waals surface area contributed by atoms with Gasteiger partial charge in [-0.1, -0.05) is 36.8 Å². The van der Waals surface area contributed by atoms with E-state index in [1.54, 1.807) is 0 Å². The zero-order valence-corrected chi connectivity index (χ0v) is 10.1. The van der Waals surface area contributed by atoms with Gasteiger partial charge in [0.15, 0.2) is 0 Å². The molecule has 0 amide bonds. The highest BCUT2D eigenvalue weighted by atomic mass is 14.9. The summed E-state index contributed by atoms with van der Waals surface area (Å²) in [7, 11) is 0. The van der Waals surface area contributed by atoms with E-state index in [-0.39, 0.29) is 0 Å². The maximum atomic E-state index is 4.50. The maximum Gasteiger partial charge on any atom is 0.0161 e. The molecule has 0 aliphatic carbocycles. The van der Waals surface area contributed by atoms with Gasteiger partial charge in [-0.3, -0.25) is 0 Å². The predicted molar refractivity (Wildman–Crippen MR) is 68.6 cm³/mol. The lowest BCUT2D eigenvalue weighted by Crippen LogP contribution is -2.24. The fourth-order valence-electron chi connectivity index (χ4n) is 2.50. The van der Waals surface area contributed by atoms with E-state index in [1.807, 2.05) is 0 Å². The van der Waals surface area contributed by atoms with Crippen molar-refractivity contribution in [3.05, 3.63) is 35.9 Å². The van der Waals surface area contributed by atoms with Crippen LogP contribution in [0.25, 0.3) is 0 Å². The van der Waals surface area contributed by atoms with Crippen LogP contribution in [0.3, 0.4) is 0 Å². The summed E-state index contributed by atoms with van der Waals surface area (Å²) < 4.78 is 0. The van der Waals surface area contributed by atoms with E-state index in [2.05, 4.69) is 35.6 Å². The van der Waals surface area contributed by atoms with Crippen molar-refractivity contribution < 1.29 is 0 Å². The quantitative estimate of drug-likeness (QED) is 0.670. The van der Waals surface area contributed by atoms with Gasteiger partial charge < -0.3 is 0 Å². The molecule has 1 heteroatoms. The summed E-state index contributed by atoms with van der Waals surface area (Å²) in [5.41, 5.74) is 1.48. The van der Waals surface area contributed by atoms with Crippen LogP contribution in [0.4, 0.5) is 0 Å². The molecule has 1 atom stereocenters. The maximum absolute atomic E-state index is 4.50. The molecule has 1 aromatic rings. The van der Waals surface area contributed by atoms with Crippen molar-refractivity contribution in [1.82, 2.24) is 5.32 Å². The molecule has 0 aromatic heterocycles. The summed E-state index contributed by atoms with van der Waals surface area (Å²) in [4.78, 5) is 0. The summed E-state index contributed by atoms with van der Waals surface area (Å²) in [5.74, 6) is 0.893. The zero-order valence-electron chi connectivity index (χ0n) is 10.1. The monoisotopic (exact) mass is 216 g/mol. The van der Waals surface area contributed by atoms with Gasteiger partial charge in [0.2, 0.25) is 0 Å². The minimum absolute atomic E-state index is 0.893. The number of aryl methyl sites for hydroxylation is 1. The Labute approximate surface area is 99.3 Å². The number of benzene rings is 1. The van der Waals surface area contributed by atoms with Gasteiger partial charge >= 0.3 is 0 Å². The molecule has 1 aliphatic rings. The lowest BCUT2D eigenvalue weighted by atomic mass is 9.93. The van der Waals surface area contributed by atoms with Gasteiger partial charge in [0.1, 0.15) is 0 Å². The van der Waals surface area contributed by atoms with Crippen molar-refractivity contribution in [3.8, 4) is 0 Å². The molecule has 1 unspecified atom stereocenters. The van der Waals surface area contributed by atoms with Crippen LogP contribution in [0.2, 0.25) is 0 Å². The van der Waals surface area contributed by atoms with Crippen LogP contribution in [0.1, 0.15) is 37.7 Å². The fourth-order valence-corrected chi connectivity index (χ4v) is 2.50. The second-order valence-corrected chi connectivity index (χ2v) is 4.87. The van der Waals surface area contributed by atoms with Crippen LogP contribution in [0, 0.1) is 5.92 Å². The van der Waals surface area contributed by atoms with E-state index in [0.717, 1.165) is 19.0 Å². The Bertz CT molecular complexity index is 275. The van der Waals surface area contributed by atoms with Gasteiger partial charge in [-0.2, -0.15) is 0 Å². The first kappa shape index (κ1) is 11.7. The first-order valence-corrected chi connectivity index (χ1v) is 6.62. The normalized spacial score (nSPS) is 20.9. The number of hydrogen-bond acceptors (Lipinski definition) is 0. The number of unbranched alkanes of at least 4 members (excludes halogenated alkanes) is 1. The third-order valence-electron chi connectivity index (χ3n) is 3.49. The average molecular weight is 216 g/mol. The minimum Gasteiger partial charge on any atom is -0.242 e. The molecule has 1 heterocycles. The molecule has 1 radical (unpaired) electrons. The van der Waals surface area contributed by atoms with E-state index in [1.165, 1.54) is 44.1 Å². The molecule has 1 saturated heterocycles. The van der Waals surface area contributed by atoms with Crippen molar-refractivity contribution in [2.75, 3.05) is 13.1 Å². The molecule has 16 heavy (non-hydrogen) atoms. The molecule has 87 valence electrons. The first-order valence-electron chi connectivity index (χ1n) is 6.62. The van der Waals surface area contributed by atoms with Gasteiger partial charge in [-0.05, 0) is 43.6 Å². The molecule has 0 bridgehead atoms. The number of hydrogen-bond donors (Lipinski definition) is 0. The van der Waals surface area contributed by atoms with Crippen LogP contribution in [0.5, 0.6) is 0 Å². The third kappa shape index (κ3) is 3.97. The predicted octanol–water partition coefficient (Wildman–Crippen LogP) is 3.41. The SMILES string of the molecule is c1ccc(CCCCC2CCC[N]C2)cc1. The Morgan fingerprint density at radius 1 is 1.12 bits per heavy atom. The van der Waals surface area contributed by atoms with Crippen LogP contribution < -0.4 is 5.32 Å². The Morgan fingerprint density at radius 2 is 2.00 bits per heavy atom. The second kappa shape index (κ2) is 6.70.